The summed E-state index contributed by atoms with van der Waals surface area (Å²) >= 11 is 0. The van der Waals surface area contributed by atoms with Crippen LogP contribution in [0.4, 0.5) is 0 Å². The zero-order valence-corrected chi connectivity index (χ0v) is 24.3. The molecule has 0 aromatic heterocycles. The van der Waals surface area contributed by atoms with Gasteiger partial charge in [-0.05, 0) is 51.8 Å². The molecule has 0 saturated carbocycles. The summed E-state index contributed by atoms with van der Waals surface area (Å²) in [6.45, 7) is 5.28. The first kappa shape index (κ1) is 35.0. The standard InChI is InChI=1S/C29H42O14/c1-13(2)5-6-14-9-16(26(38)43-28-24(37)22(35)20(33)18(12-31)41-28)10-15(7-8-29(3,4)39)25(14)42-27-23(36)21(34)19(32)17(11-30)40-27/h5,7-10,17-24,27-28,30-37,39H,6,11-12H2,1-4H3/b8-7+/t17-,18-,19-,20-,21+,22+,23-,24-,27+,28+/m1/s1. The minimum Gasteiger partial charge on any atom is -0.461 e. The van der Waals surface area contributed by atoms with Crippen molar-refractivity contribution in [3.63, 3.8) is 0 Å². The first-order valence-electron chi connectivity index (χ1n) is 13.8. The number of hydrogen-bond acceptors (Lipinski definition) is 14. The average molecular weight is 615 g/mol. The van der Waals surface area contributed by atoms with E-state index in [1.807, 2.05) is 19.9 Å². The number of aliphatic hydroxyl groups is 9. The van der Waals surface area contributed by atoms with Crippen molar-refractivity contribution in [1.29, 1.82) is 0 Å². The van der Waals surface area contributed by atoms with Gasteiger partial charge in [-0.3, -0.25) is 0 Å². The van der Waals surface area contributed by atoms with E-state index in [1.165, 1.54) is 38.1 Å². The molecule has 0 aliphatic carbocycles. The smallest absolute Gasteiger partial charge is 0.340 e. The van der Waals surface area contributed by atoms with Gasteiger partial charge >= 0.3 is 5.97 Å². The molecule has 0 spiro atoms. The van der Waals surface area contributed by atoms with Crippen LogP contribution in [0.25, 0.3) is 6.08 Å². The Balaban J connectivity index is 2.06. The predicted octanol–water partition coefficient (Wildman–Crippen LogP) is -1.89. The van der Waals surface area contributed by atoms with E-state index in [0.29, 0.717) is 5.56 Å². The molecule has 2 aliphatic rings. The van der Waals surface area contributed by atoms with Crippen molar-refractivity contribution >= 4 is 12.0 Å². The summed E-state index contributed by atoms with van der Waals surface area (Å²) in [4.78, 5) is 13.3. The number of hydrogen-bond donors (Lipinski definition) is 9. The molecular formula is C29H42O14. The lowest BCUT2D eigenvalue weighted by Crippen LogP contribution is -2.60. The monoisotopic (exact) mass is 614 g/mol. The Bertz CT molecular complexity index is 1150. The lowest BCUT2D eigenvalue weighted by molar-refractivity contribution is -0.285. The molecule has 0 unspecified atom stereocenters. The third kappa shape index (κ3) is 8.59. The van der Waals surface area contributed by atoms with Gasteiger partial charge in [-0.25, -0.2) is 4.79 Å². The summed E-state index contributed by atoms with van der Waals surface area (Å²) in [7, 11) is 0. The van der Waals surface area contributed by atoms with Crippen molar-refractivity contribution in [3.8, 4) is 5.75 Å². The zero-order valence-electron chi connectivity index (χ0n) is 24.3. The second-order valence-electron chi connectivity index (χ2n) is 11.4. The van der Waals surface area contributed by atoms with Crippen LogP contribution in [-0.2, 0) is 20.6 Å². The highest BCUT2D eigenvalue weighted by molar-refractivity contribution is 5.91. The number of carbonyl (C=O) groups excluding carboxylic acids is 1. The van der Waals surface area contributed by atoms with Gasteiger partial charge in [-0.15, -0.1) is 0 Å². The Hall–Kier alpha value is -2.47. The Morgan fingerprint density at radius 1 is 0.860 bits per heavy atom. The van der Waals surface area contributed by atoms with Crippen LogP contribution >= 0.6 is 0 Å². The Kier molecular flexibility index (Phi) is 11.8. The molecule has 1 aromatic rings. The minimum absolute atomic E-state index is 0.0757. The molecule has 14 heteroatoms. The van der Waals surface area contributed by atoms with Crippen molar-refractivity contribution in [2.24, 2.45) is 0 Å². The summed E-state index contributed by atoms with van der Waals surface area (Å²) in [5.74, 6) is -0.938. The number of benzene rings is 1. The van der Waals surface area contributed by atoms with E-state index in [1.54, 1.807) is 0 Å². The van der Waals surface area contributed by atoms with Crippen LogP contribution in [0.5, 0.6) is 5.75 Å². The van der Waals surface area contributed by atoms with Crippen molar-refractivity contribution < 1.29 is 69.7 Å². The van der Waals surface area contributed by atoms with Crippen molar-refractivity contribution in [2.75, 3.05) is 13.2 Å². The SMILES string of the molecule is CC(C)=CCc1cc(C(=O)O[C@@H]2O[C@H](CO)[C@@H](O)[C@H](O)[C@H]2O)cc(/C=C/C(C)(C)O)c1O[C@@H]1O[C@H](CO)[C@@H](O)[C@H](O)[C@H]1O. The molecular weight excluding hydrogens is 572 g/mol. The molecule has 0 radical (unpaired) electrons. The van der Waals surface area contributed by atoms with E-state index in [-0.39, 0.29) is 23.3 Å². The summed E-state index contributed by atoms with van der Waals surface area (Å²) in [6, 6.07) is 2.71. The topological polar surface area (TPSA) is 236 Å². The first-order chi connectivity index (χ1) is 20.1. The number of allylic oxidation sites excluding steroid dienone is 2. The molecule has 0 amide bonds. The fourth-order valence-corrected chi connectivity index (χ4v) is 4.48. The van der Waals surface area contributed by atoms with Gasteiger partial charge < -0.3 is 64.9 Å². The van der Waals surface area contributed by atoms with Gasteiger partial charge in [-0.2, -0.15) is 0 Å². The maximum Gasteiger partial charge on any atom is 0.340 e. The summed E-state index contributed by atoms with van der Waals surface area (Å²) in [6.07, 6.45) is -11.3. The summed E-state index contributed by atoms with van der Waals surface area (Å²) in [5.41, 5.74) is 0.0662. The Labute approximate surface area is 248 Å². The molecule has 2 aliphatic heterocycles. The largest absolute Gasteiger partial charge is 0.461 e. The van der Waals surface area contributed by atoms with Gasteiger partial charge in [0.2, 0.25) is 12.6 Å². The third-order valence-electron chi connectivity index (χ3n) is 6.99. The number of ether oxygens (including phenoxy) is 4. The molecule has 2 fully saturated rings. The fraction of sp³-hybridized carbons (Fsp3) is 0.621. The lowest BCUT2D eigenvalue weighted by Gasteiger charge is -2.40. The number of esters is 1. The number of rotatable bonds is 10. The highest BCUT2D eigenvalue weighted by atomic mass is 16.7. The number of aliphatic hydroxyl groups excluding tert-OH is 8. The van der Waals surface area contributed by atoms with Crippen molar-refractivity contribution in [3.05, 3.63) is 46.5 Å². The van der Waals surface area contributed by atoms with Gasteiger partial charge in [0, 0.05) is 5.56 Å². The third-order valence-corrected chi connectivity index (χ3v) is 6.99. The molecule has 43 heavy (non-hydrogen) atoms. The molecule has 14 nitrogen and oxygen atoms in total. The zero-order chi connectivity index (χ0) is 32.2. The molecule has 9 N–H and O–H groups in total. The van der Waals surface area contributed by atoms with E-state index in [2.05, 4.69) is 0 Å². The summed E-state index contributed by atoms with van der Waals surface area (Å²) in [5, 5.41) is 90.8. The highest BCUT2D eigenvalue weighted by Crippen LogP contribution is 2.34. The van der Waals surface area contributed by atoms with Crippen LogP contribution in [0, 0.1) is 0 Å². The Morgan fingerprint density at radius 2 is 1.40 bits per heavy atom. The van der Waals surface area contributed by atoms with Crippen LogP contribution in [0.2, 0.25) is 0 Å². The fourth-order valence-electron chi connectivity index (χ4n) is 4.48. The molecule has 0 bridgehead atoms. The van der Waals surface area contributed by atoms with Crippen LogP contribution < -0.4 is 4.74 Å². The van der Waals surface area contributed by atoms with E-state index in [9.17, 15) is 50.8 Å². The Morgan fingerprint density at radius 3 is 1.91 bits per heavy atom. The van der Waals surface area contributed by atoms with Gasteiger partial charge in [0.15, 0.2) is 0 Å². The average Bonchev–Trinajstić information content (AvgIpc) is 2.95. The second kappa shape index (κ2) is 14.5. The quantitative estimate of drug-likeness (QED) is 0.104. The maximum atomic E-state index is 13.3. The number of carbonyl (C=O) groups is 1. The normalized spacial score (nSPS) is 33.3. The van der Waals surface area contributed by atoms with Crippen LogP contribution in [0.15, 0.2) is 29.9 Å². The minimum atomic E-state index is -1.82. The molecule has 242 valence electrons. The van der Waals surface area contributed by atoms with E-state index in [4.69, 9.17) is 18.9 Å². The van der Waals surface area contributed by atoms with Crippen LogP contribution in [-0.4, -0.2) is 132 Å². The van der Waals surface area contributed by atoms with Gasteiger partial charge in [-0.1, -0.05) is 23.8 Å². The molecule has 10 atom stereocenters. The van der Waals surface area contributed by atoms with E-state index in [0.717, 1.165) is 5.57 Å². The predicted molar refractivity (Wildman–Crippen MR) is 148 cm³/mol. The molecule has 1 aromatic carbocycles. The van der Waals surface area contributed by atoms with E-state index >= 15 is 0 Å². The lowest BCUT2D eigenvalue weighted by atomic mass is 9.97. The van der Waals surface area contributed by atoms with E-state index < -0.39 is 86.2 Å². The highest BCUT2D eigenvalue weighted by Gasteiger charge is 2.46. The van der Waals surface area contributed by atoms with Crippen LogP contribution in [0.3, 0.4) is 0 Å². The van der Waals surface area contributed by atoms with Crippen molar-refractivity contribution in [2.45, 2.75) is 101 Å². The van der Waals surface area contributed by atoms with Gasteiger partial charge in [0.05, 0.1) is 24.4 Å². The summed E-state index contributed by atoms with van der Waals surface area (Å²) < 4.78 is 22.1. The molecule has 2 saturated heterocycles. The van der Waals surface area contributed by atoms with Crippen molar-refractivity contribution in [1.82, 2.24) is 0 Å². The first-order valence-corrected chi connectivity index (χ1v) is 13.8. The molecule has 3 rings (SSSR count). The second-order valence-corrected chi connectivity index (χ2v) is 11.4. The van der Waals surface area contributed by atoms with Crippen LogP contribution in [0.1, 0.15) is 49.2 Å². The molecule has 2 heterocycles. The van der Waals surface area contributed by atoms with Gasteiger partial charge in [0.25, 0.3) is 0 Å². The maximum absolute atomic E-state index is 13.3. The van der Waals surface area contributed by atoms with Gasteiger partial charge in [0.1, 0.15) is 54.6 Å².